The van der Waals surface area contributed by atoms with E-state index in [0.29, 0.717) is 5.75 Å². The zero-order valence-corrected chi connectivity index (χ0v) is 10.2. The average Bonchev–Trinajstić information content (AvgIpc) is 2.78. The third-order valence-corrected chi connectivity index (χ3v) is 2.64. The molecule has 1 aromatic heterocycles. The smallest absolute Gasteiger partial charge is 0.125 e. The number of rotatable bonds is 3. The second-order valence-electron chi connectivity index (χ2n) is 4.14. The van der Waals surface area contributed by atoms with E-state index < -0.39 is 0 Å². The van der Waals surface area contributed by atoms with Gasteiger partial charge in [0.2, 0.25) is 0 Å². The second kappa shape index (κ2) is 4.49. The number of benzene rings is 1. The van der Waals surface area contributed by atoms with Crippen molar-refractivity contribution >= 4 is 0 Å². The van der Waals surface area contributed by atoms with Crippen LogP contribution in [0.5, 0.6) is 11.5 Å². The average molecular weight is 232 g/mol. The van der Waals surface area contributed by atoms with Crippen molar-refractivity contribution in [3.63, 3.8) is 0 Å². The van der Waals surface area contributed by atoms with E-state index in [4.69, 9.17) is 4.74 Å². The minimum Gasteiger partial charge on any atom is -0.507 e. The van der Waals surface area contributed by atoms with Gasteiger partial charge in [-0.25, -0.2) is 0 Å². The summed E-state index contributed by atoms with van der Waals surface area (Å²) in [6.45, 7) is 4.10. The lowest BCUT2D eigenvalue weighted by molar-refractivity contribution is 0.412. The number of hydrogen-bond acceptors (Lipinski definition) is 3. The van der Waals surface area contributed by atoms with Crippen LogP contribution in [0.3, 0.4) is 0 Å². The second-order valence-corrected chi connectivity index (χ2v) is 4.14. The number of hydrogen-bond donors (Lipinski definition) is 1. The third kappa shape index (κ3) is 2.11. The number of phenolic OH excluding ortho intramolecular Hbond substituents is 1. The fourth-order valence-electron chi connectivity index (χ4n) is 1.79. The predicted octanol–water partition coefficient (Wildman–Crippen LogP) is 2.85. The molecular weight excluding hydrogens is 216 g/mol. The van der Waals surface area contributed by atoms with Gasteiger partial charge in [0.25, 0.3) is 0 Å². The molecule has 1 heterocycles. The number of methoxy groups -OCH3 is 1. The quantitative estimate of drug-likeness (QED) is 0.885. The zero-order valence-electron chi connectivity index (χ0n) is 10.2. The van der Waals surface area contributed by atoms with E-state index in [9.17, 15) is 5.11 Å². The lowest BCUT2D eigenvalue weighted by Gasteiger charge is -2.12. The van der Waals surface area contributed by atoms with Gasteiger partial charge in [0.1, 0.15) is 11.5 Å². The van der Waals surface area contributed by atoms with E-state index in [1.54, 1.807) is 25.4 Å². The standard InChI is InChI=1S/C13H16N2O2/c1-9(2)15-12(6-7-14-15)11-8-10(17-3)4-5-13(11)16/h4-9,16H,1-3H3. The number of phenols is 1. The maximum atomic E-state index is 9.91. The topological polar surface area (TPSA) is 47.3 Å². The van der Waals surface area contributed by atoms with Crippen molar-refractivity contribution in [1.29, 1.82) is 0 Å². The summed E-state index contributed by atoms with van der Waals surface area (Å²) in [6, 6.07) is 7.30. The van der Waals surface area contributed by atoms with E-state index in [-0.39, 0.29) is 11.8 Å². The molecule has 0 unspecified atom stereocenters. The molecule has 0 amide bonds. The highest BCUT2D eigenvalue weighted by atomic mass is 16.5. The Morgan fingerprint density at radius 1 is 1.29 bits per heavy atom. The van der Waals surface area contributed by atoms with Gasteiger partial charge in [-0.05, 0) is 38.1 Å². The van der Waals surface area contributed by atoms with Crippen LogP contribution in [0.2, 0.25) is 0 Å². The van der Waals surface area contributed by atoms with Gasteiger partial charge < -0.3 is 9.84 Å². The molecule has 2 rings (SSSR count). The van der Waals surface area contributed by atoms with E-state index in [2.05, 4.69) is 5.10 Å². The van der Waals surface area contributed by atoms with Crippen LogP contribution in [0.15, 0.2) is 30.5 Å². The monoisotopic (exact) mass is 232 g/mol. The Labute approximate surface area is 100 Å². The molecule has 4 heteroatoms. The molecule has 0 spiro atoms. The Morgan fingerprint density at radius 3 is 2.71 bits per heavy atom. The highest BCUT2D eigenvalue weighted by Crippen LogP contribution is 2.33. The molecule has 90 valence electrons. The van der Waals surface area contributed by atoms with Gasteiger partial charge in [-0.1, -0.05) is 0 Å². The predicted molar refractivity (Wildman–Crippen MR) is 66.3 cm³/mol. The molecule has 1 N–H and O–H groups in total. The molecule has 4 nitrogen and oxygen atoms in total. The van der Waals surface area contributed by atoms with Crippen molar-refractivity contribution in [3.05, 3.63) is 30.5 Å². The fraction of sp³-hybridized carbons (Fsp3) is 0.308. The van der Waals surface area contributed by atoms with Crippen molar-refractivity contribution in [3.8, 4) is 22.8 Å². The molecule has 0 saturated heterocycles. The molecule has 0 aliphatic rings. The maximum Gasteiger partial charge on any atom is 0.125 e. The van der Waals surface area contributed by atoms with Gasteiger partial charge in [0.05, 0.1) is 12.8 Å². The first-order valence-electron chi connectivity index (χ1n) is 5.54. The molecule has 0 fully saturated rings. The summed E-state index contributed by atoms with van der Waals surface area (Å²) in [5, 5.41) is 14.2. The van der Waals surface area contributed by atoms with Crippen molar-refractivity contribution in [1.82, 2.24) is 9.78 Å². The fourth-order valence-corrected chi connectivity index (χ4v) is 1.79. The highest BCUT2D eigenvalue weighted by molar-refractivity contribution is 5.68. The van der Waals surface area contributed by atoms with Gasteiger partial charge in [-0.3, -0.25) is 4.68 Å². The van der Waals surface area contributed by atoms with Crippen molar-refractivity contribution in [2.24, 2.45) is 0 Å². The minimum absolute atomic E-state index is 0.230. The van der Waals surface area contributed by atoms with Crippen molar-refractivity contribution in [2.45, 2.75) is 19.9 Å². The largest absolute Gasteiger partial charge is 0.507 e. The first kappa shape index (κ1) is 11.5. The molecule has 0 aliphatic heterocycles. The number of nitrogens with zero attached hydrogens (tertiary/aromatic N) is 2. The van der Waals surface area contributed by atoms with Gasteiger partial charge in [-0.15, -0.1) is 0 Å². The van der Waals surface area contributed by atoms with Gasteiger partial charge in [0.15, 0.2) is 0 Å². The Balaban J connectivity index is 2.55. The molecule has 0 atom stereocenters. The summed E-state index contributed by atoms with van der Waals surface area (Å²) in [5.74, 6) is 0.947. The van der Waals surface area contributed by atoms with Crippen LogP contribution in [0.4, 0.5) is 0 Å². The number of aromatic nitrogens is 2. The number of aromatic hydroxyl groups is 1. The first-order chi connectivity index (χ1) is 8.13. The van der Waals surface area contributed by atoms with Crippen LogP contribution in [0, 0.1) is 0 Å². The van der Waals surface area contributed by atoms with Gasteiger partial charge in [-0.2, -0.15) is 5.10 Å². The summed E-state index contributed by atoms with van der Waals surface area (Å²) >= 11 is 0. The molecule has 0 saturated carbocycles. The Bertz CT molecular complexity index is 518. The molecule has 1 aromatic carbocycles. The summed E-state index contributed by atoms with van der Waals surface area (Å²) < 4.78 is 7.04. The Morgan fingerprint density at radius 2 is 2.06 bits per heavy atom. The van der Waals surface area contributed by atoms with Crippen molar-refractivity contribution in [2.75, 3.05) is 7.11 Å². The highest BCUT2D eigenvalue weighted by Gasteiger charge is 2.12. The van der Waals surface area contributed by atoms with E-state index in [1.807, 2.05) is 30.7 Å². The van der Waals surface area contributed by atoms with E-state index in [0.717, 1.165) is 11.3 Å². The van der Waals surface area contributed by atoms with Crippen LogP contribution in [-0.4, -0.2) is 22.0 Å². The van der Waals surface area contributed by atoms with Crippen LogP contribution < -0.4 is 4.74 Å². The molecule has 2 aromatic rings. The minimum atomic E-state index is 0.230. The van der Waals surface area contributed by atoms with Crippen molar-refractivity contribution < 1.29 is 9.84 Å². The number of ether oxygens (including phenoxy) is 1. The van der Waals surface area contributed by atoms with Crippen LogP contribution >= 0.6 is 0 Å². The lowest BCUT2D eigenvalue weighted by Crippen LogP contribution is -2.04. The maximum absolute atomic E-state index is 9.91. The zero-order chi connectivity index (χ0) is 12.4. The first-order valence-corrected chi connectivity index (χ1v) is 5.54. The normalized spacial score (nSPS) is 10.8. The summed E-state index contributed by atoms with van der Waals surface area (Å²) in [4.78, 5) is 0. The van der Waals surface area contributed by atoms with Crippen LogP contribution in [0.1, 0.15) is 19.9 Å². The summed E-state index contributed by atoms with van der Waals surface area (Å²) in [7, 11) is 1.61. The molecule has 0 radical (unpaired) electrons. The van der Waals surface area contributed by atoms with Gasteiger partial charge in [0, 0.05) is 17.8 Å². The third-order valence-electron chi connectivity index (χ3n) is 2.64. The Kier molecular flexibility index (Phi) is 3.04. The van der Waals surface area contributed by atoms with Crippen LogP contribution in [0.25, 0.3) is 11.3 Å². The molecule has 0 aliphatic carbocycles. The molecular formula is C13H16N2O2. The SMILES string of the molecule is COc1ccc(O)c(-c2ccnn2C(C)C)c1. The Hall–Kier alpha value is -1.97. The van der Waals surface area contributed by atoms with E-state index in [1.165, 1.54) is 0 Å². The van der Waals surface area contributed by atoms with Gasteiger partial charge >= 0.3 is 0 Å². The molecule has 0 bridgehead atoms. The molecule has 17 heavy (non-hydrogen) atoms. The van der Waals surface area contributed by atoms with E-state index >= 15 is 0 Å². The van der Waals surface area contributed by atoms with Crippen LogP contribution in [-0.2, 0) is 0 Å². The lowest BCUT2D eigenvalue weighted by atomic mass is 10.1. The summed E-state index contributed by atoms with van der Waals surface area (Å²) in [6.07, 6.45) is 1.73. The summed E-state index contributed by atoms with van der Waals surface area (Å²) in [5.41, 5.74) is 1.62.